The van der Waals surface area contributed by atoms with Crippen molar-refractivity contribution in [1.29, 1.82) is 0 Å². The quantitative estimate of drug-likeness (QED) is 0.264. The van der Waals surface area contributed by atoms with Crippen molar-refractivity contribution in [3.05, 3.63) is 76.0 Å². The summed E-state index contributed by atoms with van der Waals surface area (Å²) >= 11 is 0. The molecule has 0 amide bonds. The van der Waals surface area contributed by atoms with Crippen LogP contribution in [0.15, 0.2) is 64.6 Å². The van der Waals surface area contributed by atoms with Gasteiger partial charge in [0, 0.05) is 17.5 Å². The van der Waals surface area contributed by atoms with Gasteiger partial charge in [-0.15, -0.1) is 0 Å². The van der Waals surface area contributed by atoms with E-state index < -0.39 is 15.1 Å². The highest BCUT2D eigenvalue weighted by Crippen LogP contribution is 2.25. The summed E-state index contributed by atoms with van der Waals surface area (Å²) in [7, 11) is -3.78. The Hall–Kier alpha value is -3.53. The van der Waals surface area contributed by atoms with E-state index in [0.717, 1.165) is 10.9 Å². The van der Waals surface area contributed by atoms with Crippen LogP contribution < -0.4 is 10.5 Å². The average Bonchev–Trinajstić information content (AvgIpc) is 2.66. The first kappa shape index (κ1) is 20.2. The standard InChI is InChI=1S/C19H19N5O4S/c1-13-5-10-16(11-6-13)29(27,28)23-17-4-2-3-14-7-8-15(21-19(14)17)9-12-18(20)22-24(25)26/h2-8,10-11,23H,9,12H2,1H3,(H2,20,22). The largest absolute Gasteiger partial charge is 0.382 e. The summed E-state index contributed by atoms with van der Waals surface area (Å²) in [6.45, 7) is 1.88. The molecule has 0 aliphatic carbocycles. The summed E-state index contributed by atoms with van der Waals surface area (Å²) < 4.78 is 28.0. The van der Waals surface area contributed by atoms with Crippen molar-refractivity contribution in [3.63, 3.8) is 0 Å². The van der Waals surface area contributed by atoms with Crippen LogP contribution in [0.25, 0.3) is 10.9 Å². The van der Waals surface area contributed by atoms with Crippen LogP contribution in [0.5, 0.6) is 0 Å². The summed E-state index contributed by atoms with van der Waals surface area (Å²) in [6.07, 6.45) is 0.495. The van der Waals surface area contributed by atoms with E-state index in [1.54, 1.807) is 42.5 Å². The van der Waals surface area contributed by atoms with E-state index in [-0.39, 0.29) is 17.2 Å². The summed E-state index contributed by atoms with van der Waals surface area (Å²) in [4.78, 5) is 15.0. The fraction of sp³-hybridized carbons (Fsp3) is 0.158. The SMILES string of the molecule is Cc1ccc(S(=O)(=O)Nc2cccc3ccc(CC/C(N)=N/[N+](=O)[O-])nc23)cc1. The second-order valence-electron chi connectivity index (χ2n) is 6.43. The Balaban J connectivity index is 1.90. The molecule has 0 fully saturated rings. The molecule has 0 aliphatic heterocycles. The number of nitrogens with two attached hydrogens (primary N) is 1. The predicted molar refractivity (Wildman–Crippen MR) is 111 cm³/mol. The Morgan fingerprint density at radius 3 is 2.59 bits per heavy atom. The van der Waals surface area contributed by atoms with E-state index >= 15 is 0 Å². The first-order valence-electron chi connectivity index (χ1n) is 8.70. The normalized spacial score (nSPS) is 12.1. The maximum absolute atomic E-state index is 12.7. The number of pyridine rings is 1. The van der Waals surface area contributed by atoms with Gasteiger partial charge in [0.15, 0.2) is 10.9 Å². The lowest BCUT2D eigenvalue weighted by Crippen LogP contribution is -2.15. The molecule has 1 heterocycles. The molecule has 3 N–H and O–H groups in total. The molecule has 1 aromatic heterocycles. The Morgan fingerprint density at radius 1 is 1.17 bits per heavy atom. The fourth-order valence-electron chi connectivity index (χ4n) is 2.74. The van der Waals surface area contributed by atoms with Crippen molar-refractivity contribution in [2.24, 2.45) is 10.8 Å². The molecule has 0 aliphatic rings. The van der Waals surface area contributed by atoms with Gasteiger partial charge in [0.25, 0.3) is 10.0 Å². The lowest BCUT2D eigenvalue weighted by molar-refractivity contribution is -0.485. The van der Waals surface area contributed by atoms with Crippen molar-refractivity contribution in [1.82, 2.24) is 4.98 Å². The molecule has 9 nitrogen and oxygen atoms in total. The molecular formula is C19H19N5O4S. The van der Waals surface area contributed by atoms with Crippen LogP contribution >= 0.6 is 0 Å². The van der Waals surface area contributed by atoms with Gasteiger partial charge in [-0.05, 0) is 37.6 Å². The molecule has 0 unspecified atom stereocenters. The third-order valence-corrected chi connectivity index (χ3v) is 5.58. The zero-order chi connectivity index (χ0) is 21.0. The Morgan fingerprint density at radius 2 is 1.90 bits per heavy atom. The number of aromatic nitrogens is 1. The Kier molecular flexibility index (Phi) is 5.74. The van der Waals surface area contributed by atoms with Gasteiger partial charge in [0.1, 0.15) is 0 Å². The van der Waals surface area contributed by atoms with Crippen molar-refractivity contribution in [2.45, 2.75) is 24.7 Å². The first-order valence-corrected chi connectivity index (χ1v) is 10.2. The number of aryl methyl sites for hydroxylation is 2. The Labute approximate surface area is 167 Å². The lowest BCUT2D eigenvalue weighted by atomic mass is 10.1. The molecular weight excluding hydrogens is 394 g/mol. The molecule has 0 spiro atoms. The minimum absolute atomic E-state index is 0.106. The summed E-state index contributed by atoms with van der Waals surface area (Å²) in [5.41, 5.74) is 7.90. The van der Waals surface area contributed by atoms with Crippen LogP contribution in [0.2, 0.25) is 0 Å². The van der Waals surface area contributed by atoms with Crippen LogP contribution in [0.4, 0.5) is 5.69 Å². The van der Waals surface area contributed by atoms with Crippen molar-refractivity contribution in [2.75, 3.05) is 4.72 Å². The molecule has 3 aromatic rings. The van der Waals surface area contributed by atoms with Crippen molar-refractivity contribution >= 4 is 32.4 Å². The second kappa shape index (κ2) is 8.23. The highest BCUT2D eigenvalue weighted by Gasteiger charge is 2.16. The van der Waals surface area contributed by atoms with Crippen LogP contribution in [-0.2, 0) is 16.4 Å². The third kappa shape index (κ3) is 5.05. The van der Waals surface area contributed by atoms with E-state index in [1.807, 2.05) is 19.1 Å². The number of rotatable bonds is 7. The van der Waals surface area contributed by atoms with Crippen molar-refractivity contribution in [3.8, 4) is 0 Å². The monoisotopic (exact) mass is 413 g/mol. The summed E-state index contributed by atoms with van der Waals surface area (Å²) in [5, 5.41) is 13.3. The second-order valence-corrected chi connectivity index (χ2v) is 8.11. The number of fused-ring (bicyclic) bond motifs is 1. The number of nitro groups is 1. The molecule has 29 heavy (non-hydrogen) atoms. The van der Waals surface area contributed by atoms with Gasteiger partial charge in [0.2, 0.25) is 0 Å². The number of amidine groups is 1. The molecule has 2 aromatic carbocycles. The molecule has 0 saturated carbocycles. The number of nitrogens with zero attached hydrogens (tertiary/aromatic N) is 3. The van der Waals surface area contributed by atoms with Gasteiger partial charge in [-0.25, -0.2) is 18.5 Å². The first-order chi connectivity index (χ1) is 13.7. The highest BCUT2D eigenvalue weighted by molar-refractivity contribution is 7.92. The number of nitrogens with one attached hydrogen (secondary N) is 1. The van der Waals surface area contributed by atoms with Gasteiger partial charge in [-0.1, -0.05) is 35.9 Å². The topological polar surface area (TPSA) is 141 Å². The molecule has 3 rings (SSSR count). The van der Waals surface area contributed by atoms with E-state index in [1.165, 1.54) is 0 Å². The van der Waals surface area contributed by atoms with E-state index in [9.17, 15) is 18.5 Å². The zero-order valence-electron chi connectivity index (χ0n) is 15.6. The van der Waals surface area contributed by atoms with Gasteiger partial charge in [0.05, 0.1) is 21.2 Å². The van der Waals surface area contributed by atoms with Crippen LogP contribution in [0, 0.1) is 17.0 Å². The third-order valence-electron chi connectivity index (χ3n) is 4.20. The molecule has 0 radical (unpaired) electrons. The Bertz CT molecular complexity index is 1190. The zero-order valence-corrected chi connectivity index (χ0v) is 16.4. The summed E-state index contributed by atoms with van der Waals surface area (Å²) in [6, 6.07) is 15.3. The van der Waals surface area contributed by atoms with Gasteiger partial charge in [-0.3, -0.25) is 9.71 Å². The maximum atomic E-state index is 12.7. The van der Waals surface area contributed by atoms with Crippen LogP contribution in [0.1, 0.15) is 17.7 Å². The molecule has 10 heteroatoms. The smallest absolute Gasteiger partial charge is 0.261 e. The predicted octanol–water partition coefficient (Wildman–Crippen LogP) is 2.83. The number of sulfonamides is 1. The highest BCUT2D eigenvalue weighted by atomic mass is 32.2. The number of hydrogen-bond acceptors (Lipinski definition) is 5. The van der Waals surface area contributed by atoms with Gasteiger partial charge < -0.3 is 5.73 Å². The number of hydrazone groups is 1. The van der Waals surface area contributed by atoms with E-state index in [2.05, 4.69) is 14.8 Å². The molecule has 0 atom stereocenters. The van der Waals surface area contributed by atoms with Crippen LogP contribution in [-0.4, -0.2) is 24.3 Å². The molecule has 0 saturated heterocycles. The number of benzene rings is 2. The maximum Gasteiger partial charge on any atom is 0.261 e. The minimum atomic E-state index is -3.78. The molecule has 0 bridgehead atoms. The van der Waals surface area contributed by atoms with Crippen molar-refractivity contribution < 1.29 is 13.5 Å². The minimum Gasteiger partial charge on any atom is -0.382 e. The van der Waals surface area contributed by atoms with Gasteiger partial charge >= 0.3 is 0 Å². The number of para-hydroxylation sites is 1. The fourth-order valence-corrected chi connectivity index (χ4v) is 3.81. The number of hydrogen-bond donors (Lipinski definition) is 2. The summed E-state index contributed by atoms with van der Waals surface area (Å²) in [5.74, 6) is -0.106. The van der Waals surface area contributed by atoms with E-state index in [4.69, 9.17) is 5.73 Å². The number of anilines is 1. The molecule has 150 valence electrons. The van der Waals surface area contributed by atoms with E-state index in [0.29, 0.717) is 23.3 Å². The van der Waals surface area contributed by atoms with Gasteiger partial charge in [-0.2, -0.15) is 0 Å². The lowest BCUT2D eigenvalue weighted by Gasteiger charge is -2.11. The average molecular weight is 413 g/mol. The van der Waals surface area contributed by atoms with Crippen LogP contribution in [0.3, 0.4) is 0 Å².